The van der Waals surface area contributed by atoms with E-state index < -0.39 is 0 Å². The minimum Gasteiger partial charge on any atom is -0.466 e. The van der Waals surface area contributed by atoms with E-state index in [2.05, 4.69) is 10.3 Å². The lowest BCUT2D eigenvalue weighted by Gasteiger charge is -1.99. The normalized spacial score (nSPS) is 10.8. The Kier molecular flexibility index (Phi) is 6.78. The highest BCUT2D eigenvalue weighted by Crippen LogP contribution is 2.22. The average molecular weight is 385 g/mol. The van der Waals surface area contributed by atoms with Crippen molar-refractivity contribution in [2.24, 2.45) is 0 Å². The van der Waals surface area contributed by atoms with Crippen LogP contribution in [-0.4, -0.2) is 23.5 Å². The van der Waals surface area contributed by atoms with Gasteiger partial charge in [-0.3, -0.25) is 14.9 Å². The van der Waals surface area contributed by atoms with Gasteiger partial charge in [0.2, 0.25) is 5.91 Å². The topological polar surface area (TPSA) is 68.3 Å². The van der Waals surface area contributed by atoms with Gasteiger partial charge < -0.3 is 4.74 Å². The summed E-state index contributed by atoms with van der Waals surface area (Å²) < 4.78 is 4.85. The van der Waals surface area contributed by atoms with Crippen molar-refractivity contribution in [3.8, 4) is 0 Å². The number of anilines is 1. The van der Waals surface area contributed by atoms with Gasteiger partial charge in [-0.1, -0.05) is 29.3 Å². The molecule has 0 aliphatic rings. The second-order valence-electron chi connectivity index (χ2n) is 4.61. The average Bonchev–Trinajstić information content (AvgIpc) is 2.93. The molecule has 1 heterocycles. The number of benzene rings is 1. The van der Waals surface area contributed by atoms with E-state index in [1.807, 2.05) is 0 Å². The van der Waals surface area contributed by atoms with Crippen molar-refractivity contribution in [1.82, 2.24) is 4.98 Å². The van der Waals surface area contributed by atoms with E-state index in [0.717, 1.165) is 0 Å². The molecular weight excluding hydrogens is 371 g/mol. The number of nitrogens with zero attached hydrogens (tertiary/aromatic N) is 1. The van der Waals surface area contributed by atoms with Crippen molar-refractivity contribution >= 4 is 57.6 Å². The molecule has 1 aromatic carbocycles. The molecule has 0 unspecified atom stereocenters. The fourth-order valence-electron chi connectivity index (χ4n) is 1.75. The summed E-state index contributed by atoms with van der Waals surface area (Å²) in [7, 11) is 0. The van der Waals surface area contributed by atoms with E-state index in [0.29, 0.717) is 33.0 Å². The number of ether oxygens (including phenoxy) is 1. The predicted octanol–water partition coefficient (Wildman–Crippen LogP) is 4.21. The van der Waals surface area contributed by atoms with Gasteiger partial charge in [0.05, 0.1) is 18.7 Å². The summed E-state index contributed by atoms with van der Waals surface area (Å²) in [6, 6.07) is 5.01. The monoisotopic (exact) mass is 384 g/mol. The zero-order valence-corrected chi connectivity index (χ0v) is 15.0. The van der Waals surface area contributed by atoms with Crippen LogP contribution in [0.25, 0.3) is 6.08 Å². The second-order valence-corrected chi connectivity index (χ2v) is 6.32. The molecule has 0 atom stereocenters. The Hall–Kier alpha value is -1.89. The van der Waals surface area contributed by atoms with Crippen LogP contribution < -0.4 is 5.32 Å². The Morgan fingerprint density at radius 1 is 1.38 bits per heavy atom. The highest BCUT2D eigenvalue weighted by atomic mass is 35.5. The number of nitrogens with one attached hydrogen (secondary N) is 1. The van der Waals surface area contributed by atoms with Crippen LogP contribution in [0.4, 0.5) is 5.13 Å². The summed E-state index contributed by atoms with van der Waals surface area (Å²) in [4.78, 5) is 27.5. The molecule has 5 nitrogen and oxygen atoms in total. The molecule has 8 heteroatoms. The smallest absolute Gasteiger partial charge is 0.311 e. The zero-order chi connectivity index (χ0) is 17.5. The number of thiazole rings is 1. The molecule has 24 heavy (non-hydrogen) atoms. The van der Waals surface area contributed by atoms with Gasteiger partial charge in [0, 0.05) is 21.5 Å². The van der Waals surface area contributed by atoms with E-state index in [-0.39, 0.29) is 18.3 Å². The lowest BCUT2D eigenvalue weighted by Crippen LogP contribution is -2.09. The van der Waals surface area contributed by atoms with Crippen molar-refractivity contribution in [3.63, 3.8) is 0 Å². The molecule has 1 N–H and O–H groups in total. The Bertz CT molecular complexity index is 774. The van der Waals surface area contributed by atoms with Gasteiger partial charge in [0.1, 0.15) is 0 Å². The molecule has 2 aromatic rings. The largest absolute Gasteiger partial charge is 0.466 e. The molecule has 126 valence electrons. The molecule has 0 spiro atoms. The summed E-state index contributed by atoms with van der Waals surface area (Å²) in [6.45, 7) is 2.06. The number of hydrogen-bond acceptors (Lipinski definition) is 5. The molecule has 0 radical (unpaired) electrons. The fourth-order valence-corrected chi connectivity index (χ4v) is 2.94. The van der Waals surface area contributed by atoms with Crippen LogP contribution in [0.5, 0.6) is 0 Å². The Morgan fingerprint density at radius 2 is 2.17 bits per heavy atom. The van der Waals surface area contributed by atoms with Crippen molar-refractivity contribution < 1.29 is 14.3 Å². The van der Waals surface area contributed by atoms with Gasteiger partial charge in [-0.25, -0.2) is 4.98 Å². The molecular formula is C16H14Cl2N2O3S. The van der Waals surface area contributed by atoms with Crippen LogP contribution >= 0.6 is 34.5 Å². The first-order valence-electron chi connectivity index (χ1n) is 7.02. The maximum absolute atomic E-state index is 11.9. The quantitative estimate of drug-likeness (QED) is 0.598. The van der Waals surface area contributed by atoms with Gasteiger partial charge in [0.15, 0.2) is 5.13 Å². The van der Waals surface area contributed by atoms with Crippen molar-refractivity contribution in [2.45, 2.75) is 13.3 Å². The first-order valence-corrected chi connectivity index (χ1v) is 8.65. The minimum absolute atomic E-state index is 0.0798. The van der Waals surface area contributed by atoms with Gasteiger partial charge in [-0.15, -0.1) is 11.3 Å². The first kappa shape index (κ1) is 18.4. The maximum Gasteiger partial charge on any atom is 0.311 e. The summed E-state index contributed by atoms with van der Waals surface area (Å²) in [5.41, 5.74) is 1.23. The van der Waals surface area contributed by atoms with Crippen LogP contribution in [0.2, 0.25) is 10.0 Å². The Morgan fingerprint density at radius 3 is 2.88 bits per heavy atom. The molecule has 0 bridgehead atoms. The Balaban J connectivity index is 1.94. The fraction of sp³-hybridized carbons (Fsp3) is 0.188. The van der Waals surface area contributed by atoms with Crippen molar-refractivity contribution in [3.05, 3.63) is 51.0 Å². The molecule has 0 saturated carbocycles. The zero-order valence-electron chi connectivity index (χ0n) is 12.7. The number of halogens is 2. The third-order valence-corrected chi connectivity index (χ3v) is 4.16. The molecule has 0 fully saturated rings. The molecule has 0 saturated heterocycles. The SMILES string of the molecule is CCOC(=O)Cc1csc(NC(=O)C=Cc2ccc(Cl)cc2Cl)n1. The standard InChI is InChI=1S/C16H14Cl2N2O3S/c1-2-23-15(22)8-12-9-24-16(19-12)20-14(21)6-4-10-3-5-11(17)7-13(10)18/h3-7,9H,2,8H2,1H3,(H,19,20,21). The van der Waals surface area contributed by atoms with Crippen LogP contribution in [-0.2, 0) is 20.7 Å². The summed E-state index contributed by atoms with van der Waals surface area (Å²) in [5.74, 6) is -0.698. The summed E-state index contributed by atoms with van der Waals surface area (Å²) in [5, 5.41) is 5.72. The molecule has 0 aliphatic carbocycles. The van der Waals surface area contributed by atoms with E-state index in [1.165, 1.54) is 17.4 Å². The van der Waals surface area contributed by atoms with Gasteiger partial charge in [-0.2, -0.15) is 0 Å². The predicted molar refractivity (Wildman–Crippen MR) is 96.6 cm³/mol. The number of carbonyl (C=O) groups excluding carboxylic acids is 2. The third-order valence-electron chi connectivity index (χ3n) is 2.79. The lowest BCUT2D eigenvalue weighted by atomic mass is 10.2. The van der Waals surface area contributed by atoms with E-state index in [4.69, 9.17) is 27.9 Å². The van der Waals surface area contributed by atoms with Gasteiger partial charge in [0.25, 0.3) is 0 Å². The van der Waals surface area contributed by atoms with Crippen LogP contribution in [0.1, 0.15) is 18.2 Å². The molecule has 1 amide bonds. The van der Waals surface area contributed by atoms with E-state index in [9.17, 15) is 9.59 Å². The van der Waals surface area contributed by atoms with Crippen LogP contribution in [0.15, 0.2) is 29.7 Å². The third kappa shape index (κ3) is 5.63. The van der Waals surface area contributed by atoms with Crippen molar-refractivity contribution in [2.75, 3.05) is 11.9 Å². The first-order chi connectivity index (χ1) is 11.5. The number of hydrogen-bond donors (Lipinski definition) is 1. The number of aromatic nitrogens is 1. The number of amides is 1. The van der Waals surface area contributed by atoms with Crippen LogP contribution in [0, 0.1) is 0 Å². The molecule has 1 aromatic heterocycles. The highest BCUT2D eigenvalue weighted by molar-refractivity contribution is 7.14. The van der Waals surface area contributed by atoms with E-state index >= 15 is 0 Å². The number of esters is 1. The lowest BCUT2D eigenvalue weighted by molar-refractivity contribution is -0.142. The highest BCUT2D eigenvalue weighted by Gasteiger charge is 2.09. The minimum atomic E-state index is -0.349. The molecule has 2 rings (SSSR count). The summed E-state index contributed by atoms with van der Waals surface area (Å²) in [6.07, 6.45) is 3.01. The second kappa shape index (κ2) is 8.82. The maximum atomic E-state index is 11.9. The van der Waals surface area contributed by atoms with Gasteiger partial charge >= 0.3 is 5.97 Å². The molecule has 0 aliphatic heterocycles. The Labute approximate surface area is 153 Å². The van der Waals surface area contributed by atoms with Gasteiger partial charge in [-0.05, 0) is 30.7 Å². The van der Waals surface area contributed by atoms with Crippen LogP contribution in [0.3, 0.4) is 0 Å². The summed E-state index contributed by atoms with van der Waals surface area (Å²) >= 11 is 13.1. The van der Waals surface area contributed by atoms with Crippen molar-refractivity contribution in [1.29, 1.82) is 0 Å². The van der Waals surface area contributed by atoms with E-state index in [1.54, 1.807) is 36.6 Å². The number of rotatable bonds is 6. The number of carbonyl (C=O) groups is 2.